The fraction of sp³-hybridized carbons (Fsp3) is 0.250. The van der Waals surface area contributed by atoms with Gasteiger partial charge >= 0.3 is 0 Å². The summed E-state index contributed by atoms with van der Waals surface area (Å²) < 4.78 is 0. The van der Waals surface area contributed by atoms with Crippen molar-refractivity contribution in [2.24, 2.45) is 0 Å². The van der Waals surface area contributed by atoms with Crippen LogP contribution in [0.2, 0.25) is 0 Å². The van der Waals surface area contributed by atoms with E-state index in [0.29, 0.717) is 12.4 Å². The molecule has 60 valence electrons. The van der Waals surface area contributed by atoms with Gasteiger partial charge < -0.3 is 4.89 Å². The van der Waals surface area contributed by atoms with Crippen LogP contribution in [-0.4, -0.2) is 6.61 Å². The van der Waals surface area contributed by atoms with E-state index in [1.165, 1.54) is 0 Å². The van der Waals surface area contributed by atoms with Gasteiger partial charge in [0.25, 0.3) is 0 Å². The molecule has 0 spiro atoms. The van der Waals surface area contributed by atoms with Crippen molar-refractivity contribution in [3.63, 3.8) is 0 Å². The van der Waals surface area contributed by atoms with Gasteiger partial charge in [-0.25, -0.2) is 0 Å². The van der Waals surface area contributed by atoms with E-state index in [9.17, 15) is 0 Å². The normalized spacial score (nSPS) is 9.55. The molecule has 1 aromatic carbocycles. The Kier molecular flexibility index (Phi) is 3.44. The minimum absolute atomic E-state index is 0.465. The maximum Gasteiger partial charge on any atom is 0.168 e. The molecule has 1 rings (SSSR count). The van der Waals surface area contributed by atoms with Crippen LogP contribution < -0.4 is 4.89 Å². The smallest absolute Gasteiger partial charge is 0.168 e. The molecular weight excluding hydrogens is 144 g/mol. The van der Waals surface area contributed by atoms with Gasteiger partial charge in [-0.05, 0) is 24.1 Å². The van der Waals surface area contributed by atoms with Gasteiger partial charge in [0.05, 0.1) is 6.61 Å². The van der Waals surface area contributed by atoms with Gasteiger partial charge in [-0.2, -0.15) is 4.89 Å². The van der Waals surface area contributed by atoms with Crippen molar-refractivity contribution < 1.29 is 14.8 Å². The van der Waals surface area contributed by atoms with Crippen LogP contribution in [0.3, 0.4) is 0 Å². The topological polar surface area (TPSA) is 27.7 Å². The Labute approximate surface area is 65.4 Å². The molecule has 0 saturated carbocycles. The Bertz CT molecular complexity index is 186. The second-order valence-electron chi connectivity index (χ2n) is 1.87. The third-order valence-corrected chi connectivity index (χ3v) is 1.04. The number of rotatable bonds is 4. The highest BCUT2D eigenvalue weighted by Gasteiger charge is 1.90. The average molecular weight is 154 g/mol. The maximum absolute atomic E-state index is 4.72. The molecule has 0 fully saturated rings. The van der Waals surface area contributed by atoms with Crippen LogP contribution in [0.4, 0.5) is 0 Å². The Balaban J connectivity index is 2.28. The lowest BCUT2D eigenvalue weighted by molar-refractivity contribution is -0.464. The van der Waals surface area contributed by atoms with Gasteiger partial charge in [-0.15, -0.1) is 0 Å². The van der Waals surface area contributed by atoms with Crippen LogP contribution in [0.25, 0.3) is 0 Å². The summed E-state index contributed by atoms with van der Waals surface area (Å²) in [5.41, 5.74) is 0. The number of hydrogen-bond donors (Lipinski definition) is 0. The fourth-order valence-corrected chi connectivity index (χ4v) is 0.588. The molecule has 0 saturated heterocycles. The van der Waals surface area contributed by atoms with Crippen molar-refractivity contribution in [2.75, 3.05) is 6.61 Å². The molecule has 0 aromatic heterocycles. The second-order valence-corrected chi connectivity index (χ2v) is 1.87. The molecule has 0 aliphatic heterocycles. The first-order valence-corrected chi connectivity index (χ1v) is 3.44. The molecule has 0 atom stereocenters. The highest BCUT2D eigenvalue weighted by Crippen LogP contribution is 2.08. The Morgan fingerprint density at radius 2 is 1.91 bits per heavy atom. The van der Waals surface area contributed by atoms with E-state index in [0.717, 1.165) is 0 Å². The molecule has 0 unspecified atom stereocenters. The quantitative estimate of drug-likeness (QED) is 0.377. The highest BCUT2D eigenvalue weighted by atomic mass is 17.5. The predicted molar refractivity (Wildman–Crippen MR) is 39.8 cm³/mol. The van der Waals surface area contributed by atoms with E-state index in [4.69, 9.17) is 4.89 Å². The van der Waals surface area contributed by atoms with Crippen molar-refractivity contribution >= 4 is 0 Å². The molecule has 0 N–H and O–H groups in total. The molecule has 0 amide bonds. The lowest BCUT2D eigenvalue weighted by Gasteiger charge is -2.00. The zero-order valence-corrected chi connectivity index (χ0v) is 6.32. The van der Waals surface area contributed by atoms with Crippen LogP contribution in [0, 0.1) is 0 Å². The fourth-order valence-electron chi connectivity index (χ4n) is 0.588. The molecule has 3 nitrogen and oxygen atoms in total. The summed E-state index contributed by atoms with van der Waals surface area (Å²) >= 11 is 0. The Hall–Kier alpha value is -1.06. The van der Waals surface area contributed by atoms with Crippen molar-refractivity contribution in [1.82, 2.24) is 0 Å². The van der Waals surface area contributed by atoms with Gasteiger partial charge in [-0.1, -0.05) is 18.2 Å². The van der Waals surface area contributed by atoms with E-state index >= 15 is 0 Å². The summed E-state index contributed by atoms with van der Waals surface area (Å²) in [7, 11) is 0. The first kappa shape index (κ1) is 8.04. The summed E-state index contributed by atoms with van der Waals surface area (Å²) in [4.78, 5) is 9.24. The maximum atomic E-state index is 4.72. The van der Waals surface area contributed by atoms with Gasteiger partial charge in [0, 0.05) is 0 Å². The molecule has 3 heteroatoms. The lowest BCUT2D eigenvalue weighted by atomic mass is 10.3. The highest BCUT2D eigenvalue weighted by molar-refractivity contribution is 5.19. The standard InChI is InChI=1S/C8H10O3/c1-2-9-11-10-8-6-4-3-5-7-8/h3-7H,2H2,1H3. The van der Waals surface area contributed by atoms with Crippen molar-refractivity contribution in [3.8, 4) is 5.75 Å². The van der Waals surface area contributed by atoms with E-state index in [1.807, 2.05) is 25.1 Å². The van der Waals surface area contributed by atoms with Crippen LogP contribution in [0.1, 0.15) is 6.92 Å². The summed E-state index contributed by atoms with van der Waals surface area (Å²) in [6.07, 6.45) is 0. The zero-order chi connectivity index (χ0) is 7.94. The molecule has 11 heavy (non-hydrogen) atoms. The second kappa shape index (κ2) is 4.71. The first-order valence-electron chi connectivity index (χ1n) is 3.44. The first-order chi connectivity index (χ1) is 5.43. The van der Waals surface area contributed by atoms with Crippen molar-refractivity contribution in [1.29, 1.82) is 0 Å². The third-order valence-electron chi connectivity index (χ3n) is 1.04. The van der Waals surface area contributed by atoms with Gasteiger partial charge in [-0.3, -0.25) is 0 Å². The summed E-state index contributed by atoms with van der Waals surface area (Å²) in [6, 6.07) is 9.15. The molecule has 0 aliphatic rings. The van der Waals surface area contributed by atoms with Crippen molar-refractivity contribution in [3.05, 3.63) is 30.3 Å². The number of para-hydroxylation sites is 1. The van der Waals surface area contributed by atoms with Crippen LogP contribution in [0.5, 0.6) is 5.75 Å². The van der Waals surface area contributed by atoms with E-state index in [-0.39, 0.29) is 0 Å². The van der Waals surface area contributed by atoms with Gasteiger partial charge in [0.2, 0.25) is 0 Å². The van der Waals surface area contributed by atoms with Gasteiger partial charge in [0.15, 0.2) is 5.75 Å². The number of benzene rings is 1. The minimum atomic E-state index is 0.465. The zero-order valence-electron chi connectivity index (χ0n) is 6.32. The molecule has 0 aliphatic carbocycles. The largest absolute Gasteiger partial charge is 0.308 e. The van der Waals surface area contributed by atoms with Gasteiger partial charge in [0.1, 0.15) is 0 Å². The van der Waals surface area contributed by atoms with E-state index in [2.05, 4.69) is 9.93 Å². The van der Waals surface area contributed by atoms with E-state index < -0.39 is 0 Å². The monoisotopic (exact) mass is 154 g/mol. The molecule has 0 heterocycles. The molecular formula is C8H10O3. The Morgan fingerprint density at radius 3 is 2.55 bits per heavy atom. The summed E-state index contributed by atoms with van der Waals surface area (Å²) in [5, 5.41) is 4.37. The third kappa shape index (κ3) is 3.02. The van der Waals surface area contributed by atoms with Crippen molar-refractivity contribution in [2.45, 2.75) is 6.92 Å². The summed E-state index contributed by atoms with van der Waals surface area (Å²) in [5.74, 6) is 0.626. The van der Waals surface area contributed by atoms with Crippen LogP contribution >= 0.6 is 0 Å². The molecule has 1 aromatic rings. The Morgan fingerprint density at radius 1 is 1.18 bits per heavy atom. The average Bonchev–Trinajstić information content (AvgIpc) is 2.07. The molecule has 0 radical (unpaired) electrons. The minimum Gasteiger partial charge on any atom is -0.308 e. The number of hydrogen-bond acceptors (Lipinski definition) is 3. The SMILES string of the molecule is CCOOOc1ccccc1. The van der Waals surface area contributed by atoms with Crippen LogP contribution in [0.15, 0.2) is 30.3 Å². The van der Waals surface area contributed by atoms with E-state index in [1.54, 1.807) is 12.1 Å². The molecule has 0 bridgehead atoms. The predicted octanol–water partition coefficient (Wildman–Crippen LogP) is 1.95. The summed E-state index contributed by atoms with van der Waals surface area (Å²) in [6.45, 7) is 2.28. The van der Waals surface area contributed by atoms with Crippen LogP contribution in [-0.2, 0) is 9.93 Å². The lowest BCUT2D eigenvalue weighted by Crippen LogP contribution is -1.97.